The molecular weight excluding hydrogens is 419 g/mol. The van der Waals surface area contributed by atoms with Crippen LogP contribution in [-0.2, 0) is 26.2 Å². The van der Waals surface area contributed by atoms with E-state index in [4.69, 9.17) is 0 Å². The topological polar surface area (TPSA) is 83.6 Å². The number of carbonyl (C=O) groups is 2. The van der Waals surface area contributed by atoms with Crippen molar-refractivity contribution < 1.29 is 22.4 Å². The van der Waals surface area contributed by atoms with Gasteiger partial charge in [0.25, 0.3) is 10.0 Å². The van der Waals surface area contributed by atoms with Gasteiger partial charge in [-0.05, 0) is 61.6 Å². The highest BCUT2D eigenvalue weighted by Gasteiger charge is 2.47. The third-order valence-corrected chi connectivity index (χ3v) is 7.76. The molecule has 31 heavy (non-hydrogen) atoms. The van der Waals surface area contributed by atoms with Crippen LogP contribution in [0.5, 0.6) is 0 Å². The van der Waals surface area contributed by atoms with E-state index in [1.165, 1.54) is 23.1 Å². The number of carbonyl (C=O) groups excluding carboxylic acids is 2. The number of fused-ring (bicyclic) bond motifs is 1. The van der Waals surface area contributed by atoms with Gasteiger partial charge in [0.05, 0.1) is 29.0 Å². The lowest BCUT2D eigenvalue weighted by Crippen LogP contribution is -2.30. The summed E-state index contributed by atoms with van der Waals surface area (Å²) < 4.78 is 42.2. The first kappa shape index (κ1) is 21.5. The van der Waals surface area contributed by atoms with E-state index in [-0.39, 0.29) is 40.8 Å². The highest BCUT2D eigenvalue weighted by Crippen LogP contribution is 2.38. The summed E-state index contributed by atoms with van der Waals surface area (Å²) in [5.74, 6) is -1.31. The molecule has 0 bridgehead atoms. The monoisotopic (exact) mass is 444 g/mol. The normalized spacial score (nSPS) is 21.3. The Bertz CT molecular complexity index is 1140. The zero-order valence-corrected chi connectivity index (χ0v) is 18.3. The maximum absolute atomic E-state index is 13.8. The number of anilines is 1. The molecule has 1 N–H and O–H groups in total. The molecule has 8 heteroatoms. The Hall–Kier alpha value is -2.74. The van der Waals surface area contributed by atoms with Crippen LogP contribution in [0.1, 0.15) is 42.4 Å². The van der Waals surface area contributed by atoms with Crippen LogP contribution in [0.3, 0.4) is 0 Å². The van der Waals surface area contributed by atoms with Crippen LogP contribution in [0.2, 0.25) is 0 Å². The molecule has 2 aliphatic rings. The highest BCUT2D eigenvalue weighted by molar-refractivity contribution is 7.92. The van der Waals surface area contributed by atoms with E-state index in [9.17, 15) is 22.4 Å². The smallest absolute Gasteiger partial charge is 0.262 e. The Kier molecular flexibility index (Phi) is 5.60. The molecule has 2 aromatic carbocycles. The Morgan fingerprint density at radius 2 is 1.58 bits per heavy atom. The van der Waals surface area contributed by atoms with E-state index in [0.717, 1.165) is 31.7 Å². The molecule has 6 nitrogen and oxygen atoms in total. The standard InChI is InChI=1S/C23H25FN2O4S/c1-14-8-10-17(12-20(14)24)25-31(29,30)21-11-16(9-7-15(21)2)13-26-22(27)18-5-3-4-6-19(18)23(26)28/h7-12,18-19,25H,3-6,13H2,1-2H3/t18-,19-/m0/s1. The Labute approximate surface area is 181 Å². The number of hydrogen-bond donors (Lipinski definition) is 1. The van der Waals surface area contributed by atoms with E-state index in [1.54, 1.807) is 26.0 Å². The molecule has 2 fully saturated rings. The van der Waals surface area contributed by atoms with Crippen molar-refractivity contribution in [3.63, 3.8) is 0 Å². The van der Waals surface area contributed by atoms with Gasteiger partial charge < -0.3 is 0 Å². The maximum Gasteiger partial charge on any atom is 0.262 e. The fraction of sp³-hybridized carbons (Fsp3) is 0.391. The van der Waals surface area contributed by atoms with Gasteiger partial charge >= 0.3 is 0 Å². The number of benzene rings is 2. The molecule has 2 aromatic rings. The summed E-state index contributed by atoms with van der Waals surface area (Å²) in [6.07, 6.45) is 3.37. The van der Waals surface area contributed by atoms with Crippen molar-refractivity contribution in [1.82, 2.24) is 4.90 Å². The van der Waals surface area contributed by atoms with Gasteiger partial charge in [0.1, 0.15) is 5.82 Å². The minimum atomic E-state index is -3.98. The van der Waals surface area contributed by atoms with Gasteiger partial charge in [-0.25, -0.2) is 12.8 Å². The molecule has 0 spiro atoms. The van der Waals surface area contributed by atoms with Gasteiger partial charge in [-0.2, -0.15) is 0 Å². The quantitative estimate of drug-likeness (QED) is 0.709. The van der Waals surface area contributed by atoms with Crippen molar-refractivity contribution >= 4 is 27.5 Å². The molecule has 0 aromatic heterocycles. The van der Waals surface area contributed by atoms with Gasteiger partial charge in [0.15, 0.2) is 0 Å². The number of aryl methyl sites for hydroxylation is 2. The molecule has 1 heterocycles. The summed E-state index contributed by atoms with van der Waals surface area (Å²) in [6, 6.07) is 8.99. The van der Waals surface area contributed by atoms with Crippen LogP contribution in [0.15, 0.2) is 41.3 Å². The second-order valence-electron chi connectivity index (χ2n) is 8.43. The average Bonchev–Trinajstić information content (AvgIpc) is 2.97. The van der Waals surface area contributed by atoms with Gasteiger partial charge in [-0.1, -0.05) is 31.0 Å². The van der Waals surface area contributed by atoms with Crippen molar-refractivity contribution in [2.24, 2.45) is 11.8 Å². The third-order valence-electron chi connectivity index (χ3n) is 6.24. The summed E-state index contributed by atoms with van der Waals surface area (Å²) in [4.78, 5) is 26.8. The van der Waals surface area contributed by atoms with E-state index in [1.807, 2.05) is 0 Å². The van der Waals surface area contributed by atoms with E-state index in [0.29, 0.717) is 16.7 Å². The summed E-state index contributed by atoms with van der Waals surface area (Å²) >= 11 is 0. The van der Waals surface area contributed by atoms with Crippen molar-refractivity contribution in [1.29, 1.82) is 0 Å². The maximum atomic E-state index is 13.8. The number of amides is 2. The van der Waals surface area contributed by atoms with Crippen molar-refractivity contribution in [3.8, 4) is 0 Å². The lowest BCUT2D eigenvalue weighted by molar-refractivity contribution is -0.140. The minimum Gasteiger partial charge on any atom is -0.280 e. The van der Waals surface area contributed by atoms with Crippen LogP contribution in [0, 0.1) is 31.5 Å². The molecule has 1 aliphatic carbocycles. The molecule has 1 saturated heterocycles. The SMILES string of the molecule is Cc1ccc(NS(=O)(=O)c2cc(CN3C(=O)[C@H]4CCCC[C@@H]4C3=O)ccc2C)cc1F. The van der Waals surface area contributed by atoms with Crippen LogP contribution in [0.4, 0.5) is 10.1 Å². The first-order chi connectivity index (χ1) is 14.7. The van der Waals surface area contributed by atoms with Gasteiger partial charge in [0.2, 0.25) is 11.8 Å². The molecule has 2 amide bonds. The molecule has 1 aliphatic heterocycles. The van der Waals surface area contributed by atoms with Crippen molar-refractivity contribution in [3.05, 3.63) is 58.9 Å². The highest BCUT2D eigenvalue weighted by atomic mass is 32.2. The Morgan fingerprint density at radius 1 is 0.968 bits per heavy atom. The fourth-order valence-electron chi connectivity index (χ4n) is 4.47. The van der Waals surface area contributed by atoms with Gasteiger partial charge in [-0.15, -0.1) is 0 Å². The van der Waals surface area contributed by atoms with Crippen LogP contribution in [-0.4, -0.2) is 25.1 Å². The van der Waals surface area contributed by atoms with Crippen LogP contribution in [0.25, 0.3) is 0 Å². The van der Waals surface area contributed by atoms with Crippen LogP contribution < -0.4 is 4.72 Å². The predicted molar refractivity (Wildman–Crippen MR) is 114 cm³/mol. The number of likely N-dealkylation sites (tertiary alicyclic amines) is 1. The second-order valence-corrected chi connectivity index (χ2v) is 10.1. The average molecular weight is 445 g/mol. The van der Waals surface area contributed by atoms with Gasteiger partial charge in [-0.3, -0.25) is 19.2 Å². The lowest BCUT2D eigenvalue weighted by Gasteiger charge is -2.19. The summed E-state index contributed by atoms with van der Waals surface area (Å²) in [5, 5.41) is 0. The molecule has 0 radical (unpaired) electrons. The first-order valence-electron chi connectivity index (χ1n) is 10.4. The van der Waals surface area contributed by atoms with Crippen LogP contribution >= 0.6 is 0 Å². The van der Waals surface area contributed by atoms with Crippen molar-refractivity contribution in [2.45, 2.75) is 51.0 Å². The Balaban J connectivity index is 1.59. The summed E-state index contributed by atoms with van der Waals surface area (Å²) in [5.41, 5.74) is 1.61. The predicted octanol–water partition coefficient (Wildman–Crippen LogP) is 3.92. The van der Waals surface area contributed by atoms with E-state index in [2.05, 4.69) is 4.72 Å². The number of nitrogens with zero attached hydrogens (tertiary/aromatic N) is 1. The van der Waals surface area contributed by atoms with Gasteiger partial charge in [0, 0.05) is 0 Å². The number of halogens is 1. The lowest BCUT2D eigenvalue weighted by atomic mass is 9.81. The number of nitrogens with one attached hydrogen (secondary N) is 1. The fourth-order valence-corrected chi connectivity index (χ4v) is 5.81. The first-order valence-corrected chi connectivity index (χ1v) is 11.9. The van der Waals surface area contributed by atoms with E-state index >= 15 is 0 Å². The number of rotatable bonds is 5. The molecule has 2 atom stereocenters. The number of imide groups is 1. The number of hydrogen-bond acceptors (Lipinski definition) is 4. The zero-order valence-electron chi connectivity index (χ0n) is 17.5. The zero-order chi connectivity index (χ0) is 22.3. The molecular formula is C23H25FN2O4S. The summed E-state index contributed by atoms with van der Waals surface area (Å²) in [7, 11) is -3.98. The molecule has 164 valence electrons. The number of sulfonamides is 1. The second kappa shape index (κ2) is 8.07. The molecule has 1 saturated carbocycles. The largest absolute Gasteiger partial charge is 0.280 e. The molecule has 4 rings (SSSR count). The summed E-state index contributed by atoms with van der Waals surface area (Å²) in [6.45, 7) is 3.31. The van der Waals surface area contributed by atoms with Crippen molar-refractivity contribution in [2.75, 3.05) is 4.72 Å². The third kappa shape index (κ3) is 4.08. The Morgan fingerprint density at radius 3 is 2.19 bits per heavy atom. The van der Waals surface area contributed by atoms with E-state index < -0.39 is 15.8 Å². The minimum absolute atomic E-state index is 0.0301. The molecule has 0 unspecified atom stereocenters.